The van der Waals surface area contributed by atoms with Crippen LogP contribution in [-0.2, 0) is 0 Å². The molecule has 2 aliphatic heterocycles. The molecule has 0 amide bonds. The predicted octanol–water partition coefficient (Wildman–Crippen LogP) is 4.44. The van der Waals surface area contributed by atoms with Gasteiger partial charge in [0, 0.05) is 36.8 Å². The molecule has 4 rings (SSSR count). The van der Waals surface area contributed by atoms with Crippen LogP contribution in [0, 0.1) is 0 Å². The lowest BCUT2D eigenvalue weighted by Gasteiger charge is -2.44. The molecule has 0 aromatic heterocycles. The quantitative estimate of drug-likeness (QED) is 0.202. The molecule has 0 spiro atoms. The summed E-state index contributed by atoms with van der Waals surface area (Å²) in [6.45, 7) is 8.52. The van der Waals surface area contributed by atoms with Crippen molar-refractivity contribution in [2.24, 2.45) is 5.16 Å². The van der Waals surface area contributed by atoms with E-state index >= 15 is 0 Å². The van der Waals surface area contributed by atoms with Crippen LogP contribution in [0.1, 0.15) is 60.5 Å². The van der Waals surface area contributed by atoms with Crippen molar-refractivity contribution in [1.82, 2.24) is 9.80 Å². The first-order valence-electron chi connectivity index (χ1n) is 12.2. The van der Waals surface area contributed by atoms with E-state index in [0.717, 1.165) is 36.7 Å². The molecule has 1 unspecified atom stereocenters. The van der Waals surface area contributed by atoms with Gasteiger partial charge in [-0.2, -0.15) is 0 Å². The number of piperidine rings is 1. The molecule has 0 bridgehead atoms. The van der Waals surface area contributed by atoms with E-state index in [9.17, 15) is 4.79 Å². The fourth-order valence-electron chi connectivity index (χ4n) is 4.84. The number of benzene rings is 2. The average molecular weight is 450 g/mol. The zero-order chi connectivity index (χ0) is 23.0. The first-order chi connectivity index (χ1) is 16.1. The predicted molar refractivity (Wildman–Crippen MR) is 131 cm³/mol. The number of unbranched alkanes of at least 4 members (excludes halogenated alkanes) is 1. The summed E-state index contributed by atoms with van der Waals surface area (Å²) in [5.74, 6) is 0.761. The smallest absolute Gasteiger partial charge is 0.193 e. The molecule has 2 fully saturated rings. The molecule has 1 N–H and O–H groups in total. The topological polar surface area (TPSA) is 65.4 Å². The minimum Gasteiger partial charge on any atom is -0.494 e. The summed E-state index contributed by atoms with van der Waals surface area (Å²) in [5, 5.41) is 12.1. The lowest BCUT2D eigenvalue weighted by atomic mass is 9.99. The summed E-state index contributed by atoms with van der Waals surface area (Å²) >= 11 is 0. The molecule has 0 radical (unpaired) electrons. The molecule has 33 heavy (non-hydrogen) atoms. The Hall–Kier alpha value is -2.70. The second kappa shape index (κ2) is 11.4. The van der Waals surface area contributed by atoms with Crippen LogP contribution in [0.15, 0.2) is 53.7 Å². The van der Waals surface area contributed by atoms with E-state index in [1.54, 1.807) is 31.2 Å². The molecule has 1 atom stereocenters. The van der Waals surface area contributed by atoms with Gasteiger partial charge >= 0.3 is 0 Å². The number of nitrogens with zero attached hydrogens (tertiary/aromatic N) is 3. The number of piperazine rings is 1. The summed E-state index contributed by atoms with van der Waals surface area (Å²) in [6, 6.07) is 15.2. The monoisotopic (exact) mass is 449 g/mol. The van der Waals surface area contributed by atoms with Crippen LogP contribution in [0.2, 0.25) is 0 Å². The van der Waals surface area contributed by atoms with Crippen molar-refractivity contribution in [2.75, 3.05) is 39.3 Å². The number of ketones is 1. The van der Waals surface area contributed by atoms with E-state index < -0.39 is 0 Å². The third-order valence-electron chi connectivity index (χ3n) is 6.89. The molecule has 2 aliphatic rings. The van der Waals surface area contributed by atoms with Crippen LogP contribution in [0.3, 0.4) is 0 Å². The van der Waals surface area contributed by atoms with Crippen molar-refractivity contribution in [3.05, 3.63) is 65.2 Å². The first kappa shape index (κ1) is 23.5. The molecule has 2 saturated heterocycles. The summed E-state index contributed by atoms with van der Waals surface area (Å²) < 4.78 is 5.90. The van der Waals surface area contributed by atoms with Crippen LogP contribution in [0.5, 0.6) is 5.75 Å². The number of oxime groups is 1. The highest BCUT2D eigenvalue weighted by molar-refractivity contribution is 6.09. The molecule has 0 aliphatic carbocycles. The zero-order valence-corrected chi connectivity index (χ0v) is 19.6. The Bertz CT molecular complexity index is 940. The Morgan fingerprint density at radius 3 is 2.39 bits per heavy atom. The van der Waals surface area contributed by atoms with Gasteiger partial charge in [-0.3, -0.25) is 9.69 Å². The third-order valence-corrected chi connectivity index (χ3v) is 6.89. The second-order valence-electron chi connectivity index (χ2n) is 9.16. The Kier molecular flexibility index (Phi) is 8.13. The van der Waals surface area contributed by atoms with Crippen LogP contribution < -0.4 is 4.74 Å². The highest BCUT2D eigenvalue weighted by Crippen LogP contribution is 2.21. The molecule has 6 nitrogen and oxygen atoms in total. The van der Waals surface area contributed by atoms with Gasteiger partial charge < -0.3 is 14.8 Å². The number of rotatable bonds is 9. The number of hydrogen-bond donors (Lipinski definition) is 1. The van der Waals surface area contributed by atoms with Crippen molar-refractivity contribution >= 4 is 11.5 Å². The molecule has 0 saturated carbocycles. The van der Waals surface area contributed by atoms with Gasteiger partial charge in [0.05, 0.1) is 12.3 Å². The highest BCUT2D eigenvalue weighted by Gasteiger charge is 2.28. The van der Waals surface area contributed by atoms with E-state index in [1.165, 1.54) is 45.4 Å². The summed E-state index contributed by atoms with van der Waals surface area (Å²) in [4.78, 5) is 18.0. The fourth-order valence-corrected chi connectivity index (χ4v) is 4.84. The number of ether oxygens (including phenoxy) is 1. The van der Waals surface area contributed by atoms with E-state index in [4.69, 9.17) is 9.94 Å². The lowest BCUT2D eigenvalue weighted by molar-refractivity contribution is 0.0482. The maximum absolute atomic E-state index is 12.7. The van der Waals surface area contributed by atoms with Crippen molar-refractivity contribution < 1.29 is 14.7 Å². The van der Waals surface area contributed by atoms with E-state index in [-0.39, 0.29) is 5.78 Å². The summed E-state index contributed by atoms with van der Waals surface area (Å²) in [5.41, 5.74) is 2.54. The third kappa shape index (κ3) is 6.21. The molecule has 176 valence electrons. The van der Waals surface area contributed by atoms with Crippen LogP contribution in [0.4, 0.5) is 0 Å². The van der Waals surface area contributed by atoms with Gasteiger partial charge in [0.15, 0.2) is 5.78 Å². The van der Waals surface area contributed by atoms with E-state index in [1.807, 2.05) is 24.3 Å². The van der Waals surface area contributed by atoms with Gasteiger partial charge in [-0.1, -0.05) is 35.8 Å². The van der Waals surface area contributed by atoms with Crippen LogP contribution in [0.25, 0.3) is 0 Å². The zero-order valence-electron chi connectivity index (χ0n) is 19.6. The standard InChI is InChI=1S/C27H35N3O3/c1-21(28-32)22-7-9-23(10-8-22)27(31)24-11-13-26(14-12-24)33-19-5-4-15-29-17-18-30-16-3-2-6-25(30)20-29/h7-14,25,32H,2-6,15-20H2,1H3/b28-21+. The van der Waals surface area contributed by atoms with Gasteiger partial charge in [0.2, 0.25) is 0 Å². The number of carbonyl (C=O) groups is 1. The SMILES string of the molecule is C/C(=N\O)c1ccc(C(=O)c2ccc(OCCCCN3CCN4CCCCC4C3)cc2)cc1. The molecular weight excluding hydrogens is 414 g/mol. The largest absolute Gasteiger partial charge is 0.494 e. The van der Waals surface area contributed by atoms with Crippen molar-refractivity contribution in [1.29, 1.82) is 0 Å². The Balaban J connectivity index is 1.18. The van der Waals surface area contributed by atoms with Gasteiger partial charge in [-0.05, 0) is 75.5 Å². The molecule has 2 heterocycles. The van der Waals surface area contributed by atoms with E-state index in [0.29, 0.717) is 23.4 Å². The molecule has 6 heteroatoms. The van der Waals surface area contributed by atoms with Crippen LogP contribution in [-0.4, -0.2) is 71.9 Å². The number of hydrogen-bond acceptors (Lipinski definition) is 6. The van der Waals surface area contributed by atoms with Gasteiger partial charge in [-0.15, -0.1) is 0 Å². The van der Waals surface area contributed by atoms with Crippen LogP contribution >= 0.6 is 0 Å². The first-order valence-corrected chi connectivity index (χ1v) is 12.2. The summed E-state index contributed by atoms with van der Waals surface area (Å²) in [7, 11) is 0. The molecular formula is C27H35N3O3. The van der Waals surface area contributed by atoms with Gasteiger partial charge in [-0.25, -0.2) is 0 Å². The van der Waals surface area contributed by atoms with Gasteiger partial charge in [0.1, 0.15) is 5.75 Å². The minimum absolute atomic E-state index is 0.0373. The second-order valence-corrected chi connectivity index (χ2v) is 9.16. The molecule has 2 aromatic carbocycles. The Morgan fingerprint density at radius 2 is 1.67 bits per heavy atom. The summed E-state index contributed by atoms with van der Waals surface area (Å²) in [6.07, 6.45) is 6.31. The number of fused-ring (bicyclic) bond motifs is 1. The van der Waals surface area contributed by atoms with E-state index in [2.05, 4.69) is 15.0 Å². The highest BCUT2D eigenvalue weighted by atomic mass is 16.5. The minimum atomic E-state index is -0.0373. The normalized spacial score (nSPS) is 19.8. The fraction of sp³-hybridized carbons (Fsp3) is 0.481. The average Bonchev–Trinajstić information content (AvgIpc) is 2.88. The van der Waals surface area contributed by atoms with Gasteiger partial charge in [0.25, 0.3) is 0 Å². The van der Waals surface area contributed by atoms with Crippen molar-refractivity contribution in [3.8, 4) is 5.75 Å². The maximum atomic E-state index is 12.7. The Morgan fingerprint density at radius 1 is 0.970 bits per heavy atom. The Labute approximate surface area is 196 Å². The van der Waals surface area contributed by atoms with Crippen molar-refractivity contribution in [2.45, 2.75) is 45.1 Å². The maximum Gasteiger partial charge on any atom is 0.193 e. The van der Waals surface area contributed by atoms with Crippen molar-refractivity contribution in [3.63, 3.8) is 0 Å². The lowest BCUT2D eigenvalue weighted by Crippen LogP contribution is -2.54. The molecule has 2 aromatic rings. The number of carbonyl (C=O) groups excluding carboxylic acids is 1.